The summed E-state index contributed by atoms with van der Waals surface area (Å²) < 4.78 is 0. The highest BCUT2D eigenvalue weighted by molar-refractivity contribution is 5.87. The topological polar surface area (TPSA) is 32.6 Å². The second kappa shape index (κ2) is 3.23. The molecule has 0 heterocycles. The molecule has 0 spiro atoms. The molecular weight excluding hydrogens is 186 g/mol. The zero-order chi connectivity index (χ0) is 11.3. The van der Waals surface area contributed by atoms with Crippen LogP contribution in [0.25, 0.3) is 0 Å². The Morgan fingerprint density at radius 1 is 1.40 bits per heavy atom. The minimum Gasteiger partial charge on any atom is -0.411 e. The lowest BCUT2D eigenvalue weighted by Crippen LogP contribution is -2.27. The summed E-state index contributed by atoms with van der Waals surface area (Å²) in [5.41, 5.74) is 1.91. The molecule has 86 valence electrons. The maximum absolute atomic E-state index is 9.06. The zero-order valence-corrected chi connectivity index (χ0v) is 10.4. The minimum absolute atomic E-state index is 0.419. The highest BCUT2D eigenvalue weighted by Crippen LogP contribution is 2.67. The normalized spacial score (nSPS) is 43.6. The van der Waals surface area contributed by atoms with Crippen molar-refractivity contribution in [2.45, 2.75) is 53.4 Å². The van der Waals surface area contributed by atoms with Crippen molar-refractivity contribution in [3.05, 3.63) is 0 Å². The third-order valence-corrected chi connectivity index (χ3v) is 5.56. The Morgan fingerprint density at radius 3 is 2.40 bits per heavy atom. The van der Waals surface area contributed by atoms with Crippen molar-refractivity contribution >= 4 is 5.71 Å². The van der Waals surface area contributed by atoms with Crippen molar-refractivity contribution in [3.8, 4) is 0 Å². The van der Waals surface area contributed by atoms with Gasteiger partial charge >= 0.3 is 0 Å². The van der Waals surface area contributed by atoms with Crippen molar-refractivity contribution in [2.75, 3.05) is 0 Å². The van der Waals surface area contributed by atoms with Gasteiger partial charge < -0.3 is 5.21 Å². The van der Waals surface area contributed by atoms with Crippen LogP contribution in [0, 0.1) is 22.7 Å². The Bertz CT molecular complexity index is 292. The number of oxime groups is 1. The largest absolute Gasteiger partial charge is 0.411 e. The van der Waals surface area contributed by atoms with Gasteiger partial charge in [0, 0.05) is 5.92 Å². The Labute approximate surface area is 92.8 Å². The predicted octanol–water partition coefficient (Wildman–Crippen LogP) is 3.69. The molecule has 0 aromatic rings. The first kappa shape index (κ1) is 11.0. The van der Waals surface area contributed by atoms with Crippen LogP contribution in [0.5, 0.6) is 0 Å². The van der Waals surface area contributed by atoms with E-state index in [-0.39, 0.29) is 0 Å². The van der Waals surface area contributed by atoms with Crippen LogP contribution in [-0.2, 0) is 0 Å². The van der Waals surface area contributed by atoms with Gasteiger partial charge in [-0.15, -0.1) is 0 Å². The van der Waals surface area contributed by atoms with Crippen LogP contribution in [0.15, 0.2) is 5.16 Å². The lowest BCUT2D eigenvalue weighted by Gasteiger charge is -2.34. The first-order chi connectivity index (χ1) is 6.96. The van der Waals surface area contributed by atoms with Gasteiger partial charge in [0.25, 0.3) is 0 Å². The molecule has 15 heavy (non-hydrogen) atoms. The van der Waals surface area contributed by atoms with E-state index < -0.39 is 0 Å². The lowest BCUT2D eigenvalue weighted by atomic mass is 9.71. The van der Waals surface area contributed by atoms with E-state index in [1.165, 1.54) is 19.3 Å². The van der Waals surface area contributed by atoms with Crippen molar-refractivity contribution in [1.29, 1.82) is 0 Å². The minimum atomic E-state index is 0.419. The van der Waals surface area contributed by atoms with Crippen molar-refractivity contribution in [2.24, 2.45) is 27.8 Å². The third kappa shape index (κ3) is 1.26. The van der Waals surface area contributed by atoms with E-state index in [2.05, 4.69) is 32.9 Å². The fourth-order valence-corrected chi connectivity index (χ4v) is 4.06. The summed E-state index contributed by atoms with van der Waals surface area (Å²) in [7, 11) is 0. The van der Waals surface area contributed by atoms with Crippen LogP contribution < -0.4 is 0 Å². The summed E-state index contributed by atoms with van der Waals surface area (Å²) in [6.45, 7) is 9.30. The predicted molar refractivity (Wildman–Crippen MR) is 62.2 cm³/mol. The standard InChI is InChI=1S/C13H23NO/c1-5-11(14-15)9-8-13(4)7-6-10(9)12(13,2)3/h9-10,15H,5-8H2,1-4H3/b14-11+/t9-,10+,13-/m1/s1. The van der Waals surface area contributed by atoms with E-state index in [1.807, 2.05) is 0 Å². The van der Waals surface area contributed by atoms with Gasteiger partial charge in [0.05, 0.1) is 5.71 Å². The van der Waals surface area contributed by atoms with Gasteiger partial charge in [-0.2, -0.15) is 0 Å². The number of fused-ring (bicyclic) bond motifs is 2. The average molecular weight is 209 g/mol. The lowest BCUT2D eigenvalue weighted by molar-refractivity contribution is 0.152. The molecule has 2 fully saturated rings. The van der Waals surface area contributed by atoms with E-state index in [9.17, 15) is 0 Å². The van der Waals surface area contributed by atoms with E-state index in [0.717, 1.165) is 18.1 Å². The first-order valence-electron chi connectivity index (χ1n) is 6.17. The molecule has 3 atom stereocenters. The summed E-state index contributed by atoms with van der Waals surface area (Å²) >= 11 is 0. The van der Waals surface area contributed by atoms with Crippen LogP contribution in [0.4, 0.5) is 0 Å². The van der Waals surface area contributed by atoms with E-state index in [0.29, 0.717) is 16.7 Å². The molecule has 0 aliphatic heterocycles. The highest BCUT2D eigenvalue weighted by atomic mass is 16.4. The molecule has 2 aliphatic carbocycles. The van der Waals surface area contributed by atoms with E-state index in [1.54, 1.807) is 0 Å². The molecule has 0 amide bonds. The third-order valence-electron chi connectivity index (χ3n) is 5.56. The number of hydrogen-bond acceptors (Lipinski definition) is 2. The molecular formula is C13H23NO. The van der Waals surface area contributed by atoms with Gasteiger partial charge in [0.15, 0.2) is 0 Å². The summed E-state index contributed by atoms with van der Waals surface area (Å²) in [6, 6.07) is 0. The average Bonchev–Trinajstić information content (AvgIpc) is 2.50. The molecule has 2 bridgehead atoms. The molecule has 2 nitrogen and oxygen atoms in total. The molecule has 2 aliphatic rings. The quantitative estimate of drug-likeness (QED) is 0.420. The van der Waals surface area contributed by atoms with E-state index >= 15 is 0 Å². The fourth-order valence-electron chi connectivity index (χ4n) is 4.06. The van der Waals surface area contributed by atoms with Gasteiger partial charge in [0.1, 0.15) is 0 Å². The van der Waals surface area contributed by atoms with Gasteiger partial charge in [-0.25, -0.2) is 0 Å². The van der Waals surface area contributed by atoms with Crippen LogP contribution in [0.1, 0.15) is 53.4 Å². The summed E-state index contributed by atoms with van der Waals surface area (Å²) in [5.74, 6) is 1.27. The molecule has 2 rings (SSSR count). The van der Waals surface area contributed by atoms with Gasteiger partial charge in [-0.1, -0.05) is 32.9 Å². The molecule has 0 saturated heterocycles. The van der Waals surface area contributed by atoms with E-state index in [4.69, 9.17) is 5.21 Å². The van der Waals surface area contributed by atoms with Crippen LogP contribution >= 0.6 is 0 Å². The molecule has 0 aromatic carbocycles. The second-order valence-electron chi connectivity index (χ2n) is 6.18. The summed E-state index contributed by atoms with van der Waals surface area (Å²) in [4.78, 5) is 0. The van der Waals surface area contributed by atoms with Gasteiger partial charge in [0.2, 0.25) is 0 Å². The maximum atomic E-state index is 9.06. The Balaban J connectivity index is 2.29. The zero-order valence-electron chi connectivity index (χ0n) is 10.4. The van der Waals surface area contributed by atoms with Crippen LogP contribution in [0.2, 0.25) is 0 Å². The monoisotopic (exact) mass is 209 g/mol. The van der Waals surface area contributed by atoms with Crippen LogP contribution in [0.3, 0.4) is 0 Å². The molecule has 0 radical (unpaired) electrons. The molecule has 2 saturated carbocycles. The molecule has 1 N–H and O–H groups in total. The second-order valence-corrected chi connectivity index (χ2v) is 6.18. The van der Waals surface area contributed by atoms with Crippen molar-refractivity contribution in [3.63, 3.8) is 0 Å². The molecule has 0 unspecified atom stereocenters. The molecule has 2 heteroatoms. The van der Waals surface area contributed by atoms with Gasteiger partial charge in [-0.3, -0.25) is 0 Å². The fraction of sp³-hybridized carbons (Fsp3) is 0.923. The van der Waals surface area contributed by atoms with Gasteiger partial charge in [-0.05, 0) is 42.4 Å². The highest BCUT2D eigenvalue weighted by Gasteiger charge is 2.61. The SMILES string of the molecule is CC/C(=N\O)[C@@H]1C[C@@]2(C)CC[C@@H]1C2(C)C. The Kier molecular flexibility index (Phi) is 2.36. The number of hydrogen-bond donors (Lipinski definition) is 1. The molecule has 0 aromatic heterocycles. The Morgan fingerprint density at radius 2 is 2.07 bits per heavy atom. The number of rotatable bonds is 2. The van der Waals surface area contributed by atoms with Crippen molar-refractivity contribution < 1.29 is 5.21 Å². The smallest absolute Gasteiger partial charge is 0.0602 e. The summed E-state index contributed by atoms with van der Waals surface area (Å²) in [5, 5.41) is 12.6. The van der Waals surface area contributed by atoms with Crippen LogP contribution in [-0.4, -0.2) is 10.9 Å². The van der Waals surface area contributed by atoms with Crippen molar-refractivity contribution in [1.82, 2.24) is 0 Å². The maximum Gasteiger partial charge on any atom is 0.0602 e. The Hall–Kier alpha value is -0.530. The first-order valence-corrected chi connectivity index (χ1v) is 6.17. The summed E-state index contributed by atoms with van der Waals surface area (Å²) in [6.07, 6.45) is 4.78. The number of nitrogens with zero attached hydrogens (tertiary/aromatic N) is 1.